The number of amides is 4. The molecule has 0 spiro atoms. The summed E-state index contributed by atoms with van der Waals surface area (Å²) in [7, 11) is 4.19. The number of hydrogen-bond donors (Lipinski definition) is 4. The highest BCUT2D eigenvalue weighted by atomic mass is 16.5. The first-order chi connectivity index (χ1) is 32.2. The number of aromatic amines is 2. The van der Waals surface area contributed by atoms with Crippen molar-refractivity contribution >= 4 is 34.9 Å². The molecule has 4 N–H and O–H groups in total. The molecule has 0 radical (unpaired) electrons. The van der Waals surface area contributed by atoms with Crippen LogP contribution in [0.5, 0.6) is 5.75 Å². The van der Waals surface area contributed by atoms with Gasteiger partial charge < -0.3 is 44.6 Å². The van der Waals surface area contributed by atoms with Gasteiger partial charge in [-0.25, -0.2) is 24.5 Å². The second-order valence-electron chi connectivity index (χ2n) is 16.2. The Hall–Kier alpha value is -8.01. The topological polar surface area (TPSA) is 197 Å². The van der Waals surface area contributed by atoms with Crippen LogP contribution in [0.15, 0.2) is 122 Å². The van der Waals surface area contributed by atoms with Gasteiger partial charge in [0.05, 0.1) is 68.4 Å². The quantitative estimate of drug-likeness (QED) is 0.0928. The predicted molar refractivity (Wildman–Crippen MR) is 246 cm³/mol. The Kier molecular flexibility index (Phi) is 12.4. The Balaban J connectivity index is 0.905. The molecule has 0 unspecified atom stereocenters. The number of alkyl carbamates (subject to hydrolysis) is 2. The first-order valence-electron chi connectivity index (χ1n) is 21.8. The predicted octanol–water partition coefficient (Wildman–Crippen LogP) is 8.21. The van der Waals surface area contributed by atoms with E-state index in [1.165, 1.54) is 14.2 Å². The summed E-state index contributed by atoms with van der Waals surface area (Å²) < 4.78 is 15.6. The number of hydrogen-bond acceptors (Lipinski definition) is 10. The highest BCUT2D eigenvalue weighted by Gasteiger charge is 2.38. The molecule has 4 amide bonds. The Morgan fingerprint density at radius 2 is 1.11 bits per heavy atom. The fourth-order valence-electron chi connectivity index (χ4n) is 8.99. The van der Waals surface area contributed by atoms with Gasteiger partial charge in [0, 0.05) is 35.7 Å². The summed E-state index contributed by atoms with van der Waals surface area (Å²) in [6, 6.07) is 31.8. The highest BCUT2D eigenvalue weighted by Crippen LogP contribution is 2.38. The number of H-pyrrole nitrogens is 2. The maximum atomic E-state index is 14.0. The zero-order valence-electron chi connectivity index (χ0n) is 36.7. The van der Waals surface area contributed by atoms with Crippen LogP contribution in [0.4, 0.5) is 9.59 Å². The third-order valence-electron chi connectivity index (χ3n) is 12.3. The summed E-state index contributed by atoms with van der Waals surface area (Å²) in [5.41, 5.74) is 7.09. The SMILES string of the molecule is COC(=O)N[C@@H](C(=O)N1CCC[C@H]1c1ncc(-c2ccc(-c3cc(OC)c4cc(-c5cnc([C@@H]6CCCN6C(=O)[C@H](NC(=O)OC)c6ccccc6)[nH]5)ccc4n3)cc2)[nH]1)c1ccccc1. The highest BCUT2D eigenvalue weighted by molar-refractivity contribution is 5.92. The second-order valence-corrected chi connectivity index (χ2v) is 16.2. The van der Waals surface area contributed by atoms with Gasteiger partial charge in [0.1, 0.15) is 29.5 Å². The lowest BCUT2D eigenvalue weighted by Crippen LogP contribution is -2.42. The van der Waals surface area contributed by atoms with Gasteiger partial charge in [0.25, 0.3) is 11.8 Å². The standard InChI is InChI=1S/C50H49N9O7/c1-64-42-27-37(30-18-20-31(21-19-30)38-28-51-45(54-38)40-16-10-24-58(40)47(60)43(56-49(62)65-2)32-12-6-4-7-13-32)53-36-23-22-34(26-35(36)42)39-29-52-46(55-39)41-17-11-25-59(41)48(61)44(57-50(63)66-3)33-14-8-5-9-15-33/h4-9,12-15,18-23,26-29,40-41,43-44H,10-11,16-17,24-25H2,1-3H3,(H,51,54)(H,52,55)(H,56,62)(H,57,63)/t40-,41-,43+,44+/m0/s1. The third kappa shape index (κ3) is 8.76. The molecule has 0 aliphatic carbocycles. The van der Waals surface area contributed by atoms with Crippen LogP contribution in [0.2, 0.25) is 0 Å². The fourth-order valence-corrected chi connectivity index (χ4v) is 8.99. The number of nitrogens with one attached hydrogen (secondary N) is 4. The van der Waals surface area contributed by atoms with Gasteiger partial charge >= 0.3 is 12.2 Å². The molecule has 4 aromatic carbocycles. The van der Waals surface area contributed by atoms with Crippen molar-refractivity contribution in [3.8, 4) is 39.5 Å². The lowest BCUT2D eigenvalue weighted by Gasteiger charge is -2.28. The zero-order valence-corrected chi connectivity index (χ0v) is 36.7. The van der Waals surface area contributed by atoms with E-state index in [4.69, 9.17) is 29.2 Å². The number of likely N-dealkylation sites (tertiary alicyclic amines) is 2. The molecule has 3 aromatic heterocycles. The monoisotopic (exact) mass is 887 g/mol. The molecule has 2 aliphatic heterocycles. The first-order valence-corrected chi connectivity index (χ1v) is 21.8. The maximum absolute atomic E-state index is 14.0. The van der Waals surface area contributed by atoms with Gasteiger partial charge in [-0.15, -0.1) is 0 Å². The van der Waals surface area contributed by atoms with Crippen LogP contribution in [-0.4, -0.2) is 93.1 Å². The van der Waals surface area contributed by atoms with Crippen LogP contribution in [0.1, 0.15) is 72.6 Å². The van der Waals surface area contributed by atoms with Gasteiger partial charge in [-0.1, -0.05) is 91.0 Å². The van der Waals surface area contributed by atoms with E-state index in [0.717, 1.165) is 70.4 Å². The first kappa shape index (κ1) is 43.3. The molecule has 4 atom stereocenters. The molecule has 16 heteroatoms. The van der Waals surface area contributed by atoms with E-state index in [1.54, 1.807) is 29.3 Å². The average molecular weight is 888 g/mol. The van der Waals surface area contributed by atoms with Crippen LogP contribution in [0, 0.1) is 0 Å². The molecule has 0 bridgehead atoms. The van der Waals surface area contributed by atoms with E-state index in [-0.39, 0.29) is 23.9 Å². The van der Waals surface area contributed by atoms with Crippen molar-refractivity contribution < 1.29 is 33.4 Å². The molecule has 5 heterocycles. The summed E-state index contributed by atoms with van der Waals surface area (Å²) in [6.45, 7) is 1.06. The number of fused-ring (bicyclic) bond motifs is 1. The number of aromatic nitrogens is 5. The Morgan fingerprint density at radius 3 is 1.61 bits per heavy atom. The molecule has 7 aromatic rings. The van der Waals surface area contributed by atoms with E-state index in [9.17, 15) is 19.2 Å². The van der Waals surface area contributed by atoms with Crippen LogP contribution in [0.25, 0.3) is 44.7 Å². The smallest absolute Gasteiger partial charge is 0.407 e. The molecule has 66 heavy (non-hydrogen) atoms. The molecule has 2 saturated heterocycles. The van der Waals surface area contributed by atoms with E-state index in [2.05, 4.69) is 20.6 Å². The molecule has 2 fully saturated rings. The van der Waals surface area contributed by atoms with Gasteiger partial charge in [0.15, 0.2) is 0 Å². The van der Waals surface area contributed by atoms with Crippen LogP contribution >= 0.6 is 0 Å². The van der Waals surface area contributed by atoms with Crippen molar-refractivity contribution in [2.75, 3.05) is 34.4 Å². The second kappa shape index (κ2) is 19.0. The van der Waals surface area contributed by atoms with Crippen molar-refractivity contribution in [1.82, 2.24) is 45.4 Å². The summed E-state index contributed by atoms with van der Waals surface area (Å²) in [4.78, 5) is 77.5. The number of benzene rings is 4. The summed E-state index contributed by atoms with van der Waals surface area (Å²) in [5.74, 6) is 1.53. The zero-order chi connectivity index (χ0) is 45.7. The minimum atomic E-state index is -0.908. The molecule has 9 rings (SSSR count). The van der Waals surface area contributed by atoms with Gasteiger partial charge in [-0.3, -0.25) is 9.59 Å². The van der Waals surface area contributed by atoms with Crippen molar-refractivity contribution in [1.29, 1.82) is 0 Å². The Morgan fingerprint density at radius 1 is 0.621 bits per heavy atom. The van der Waals surface area contributed by atoms with Crippen LogP contribution in [-0.2, 0) is 19.1 Å². The third-order valence-corrected chi connectivity index (χ3v) is 12.3. The van der Waals surface area contributed by atoms with Gasteiger partial charge in [-0.2, -0.15) is 0 Å². The van der Waals surface area contributed by atoms with E-state index < -0.39 is 24.3 Å². The maximum Gasteiger partial charge on any atom is 0.407 e. The van der Waals surface area contributed by atoms with Crippen molar-refractivity contribution in [2.24, 2.45) is 0 Å². The van der Waals surface area contributed by atoms with Crippen LogP contribution < -0.4 is 15.4 Å². The molecular weight excluding hydrogens is 839 g/mol. The number of carbonyl (C=O) groups is 4. The Labute approximate surface area is 380 Å². The summed E-state index contributed by atoms with van der Waals surface area (Å²) in [5, 5.41) is 6.25. The van der Waals surface area contributed by atoms with E-state index in [0.29, 0.717) is 41.6 Å². The molecular formula is C50H49N9O7. The van der Waals surface area contributed by atoms with Crippen molar-refractivity contribution in [3.05, 3.63) is 144 Å². The molecule has 336 valence electrons. The average Bonchev–Trinajstić information content (AvgIpc) is 4.22. The summed E-state index contributed by atoms with van der Waals surface area (Å²) in [6.07, 6.45) is 5.22. The van der Waals surface area contributed by atoms with Gasteiger partial charge in [-0.05, 0) is 54.5 Å². The van der Waals surface area contributed by atoms with Crippen molar-refractivity contribution in [3.63, 3.8) is 0 Å². The van der Waals surface area contributed by atoms with Crippen LogP contribution in [0.3, 0.4) is 0 Å². The fraction of sp³-hybridized carbons (Fsp3) is 0.260. The molecule has 16 nitrogen and oxygen atoms in total. The number of imidazole rings is 2. The normalized spacial score (nSPS) is 16.7. The number of ether oxygens (including phenoxy) is 3. The number of carbonyl (C=O) groups excluding carboxylic acids is 4. The Bertz CT molecular complexity index is 2870. The number of rotatable bonds is 12. The van der Waals surface area contributed by atoms with E-state index in [1.807, 2.05) is 109 Å². The minimum absolute atomic E-state index is 0.229. The summed E-state index contributed by atoms with van der Waals surface area (Å²) >= 11 is 0. The number of pyridine rings is 1. The molecule has 2 aliphatic rings. The minimum Gasteiger partial charge on any atom is -0.496 e. The number of methoxy groups -OCH3 is 3. The van der Waals surface area contributed by atoms with E-state index >= 15 is 0 Å². The van der Waals surface area contributed by atoms with Gasteiger partial charge in [0.2, 0.25) is 0 Å². The lowest BCUT2D eigenvalue weighted by molar-refractivity contribution is -0.135. The van der Waals surface area contributed by atoms with Crippen molar-refractivity contribution in [2.45, 2.75) is 49.9 Å². The molecule has 0 saturated carbocycles. The number of nitrogens with zero attached hydrogens (tertiary/aromatic N) is 5. The lowest BCUT2D eigenvalue weighted by atomic mass is 10.0. The largest absolute Gasteiger partial charge is 0.496 e.